The smallest absolute Gasteiger partial charge is 0.217 e. The highest BCUT2D eigenvalue weighted by Crippen LogP contribution is 2.39. The molecular formula is C54H91N3O39. The molecule has 24 N–H and O–H groups in total. The van der Waals surface area contributed by atoms with Crippen LogP contribution in [-0.2, 0) is 85.4 Å². The average Bonchev–Trinajstić information content (AvgIpc) is 0.774. The molecule has 8 aliphatic heterocycles. The molecule has 0 aromatic carbocycles. The summed E-state index contributed by atoms with van der Waals surface area (Å²) in [5.41, 5.74) is 0. The molecule has 3 amide bonds. The number of ether oxygens (including phenoxy) is 15. The number of hydrogen-bond donors (Lipinski definition) is 24. The summed E-state index contributed by atoms with van der Waals surface area (Å²) in [6, 6.07) is -5.41. The van der Waals surface area contributed by atoms with Crippen LogP contribution in [0.15, 0.2) is 0 Å². The van der Waals surface area contributed by atoms with E-state index >= 15 is 0 Å². The van der Waals surface area contributed by atoms with E-state index in [4.69, 9.17) is 71.1 Å². The third kappa shape index (κ3) is 17.0. The molecule has 0 saturated carbocycles. The van der Waals surface area contributed by atoms with Crippen LogP contribution in [0.1, 0.15) is 34.6 Å². The van der Waals surface area contributed by atoms with Crippen LogP contribution >= 0.6 is 0 Å². The third-order valence-corrected chi connectivity index (χ3v) is 17.8. The molecule has 0 aliphatic carbocycles. The van der Waals surface area contributed by atoms with Gasteiger partial charge in [-0.05, 0) is 13.8 Å². The average molecular weight is 1410 g/mol. The highest BCUT2D eigenvalue weighted by molar-refractivity contribution is 5.74. The van der Waals surface area contributed by atoms with E-state index in [1.807, 2.05) is 0 Å². The fourth-order valence-corrected chi connectivity index (χ4v) is 12.5. The molecule has 0 aromatic heterocycles. The van der Waals surface area contributed by atoms with Crippen LogP contribution in [0.2, 0.25) is 0 Å². The number of rotatable bonds is 23. The van der Waals surface area contributed by atoms with Gasteiger partial charge >= 0.3 is 0 Å². The summed E-state index contributed by atoms with van der Waals surface area (Å²) >= 11 is 0. The first-order chi connectivity index (χ1) is 45.3. The minimum absolute atomic E-state index is 0.764. The Morgan fingerprint density at radius 3 is 1.06 bits per heavy atom. The summed E-state index contributed by atoms with van der Waals surface area (Å²) in [7, 11) is 0. The Labute approximate surface area is 545 Å². The lowest BCUT2D eigenvalue weighted by Crippen LogP contribution is -2.71. The van der Waals surface area contributed by atoms with Crippen molar-refractivity contribution in [2.75, 3.05) is 39.6 Å². The minimum atomic E-state index is -2.36. The molecule has 8 saturated heterocycles. The first-order valence-corrected chi connectivity index (χ1v) is 30.8. The van der Waals surface area contributed by atoms with Crippen molar-refractivity contribution < 1.29 is 193 Å². The molecule has 8 fully saturated rings. The van der Waals surface area contributed by atoms with Crippen molar-refractivity contribution in [1.82, 2.24) is 16.0 Å². The van der Waals surface area contributed by atoms with E-state index < -0.39 is 303 Å². The Bertz CT molecular complexity index is 2480. The molecular weight excluding hydrogens is 1310 g/mol. The molecule has 0 bridgehead atoms. The zero-order valence-electron chi connectivity index (χ0n) is 52.1. The van der Waals surface area contributed by atoms with Gasteiger partial charge in [0.2, 0.25) is 17.7 Å². The maximum Gasteiger partial charge on any atom is 0.217 e. The molecule has 40 atom stereocenters. The van der Waals surface area contributed by atoms with Gasteiger partial charge in [-0.2, -0.15) is 0 Å². The first-order valence-electron chi connectivity index (χ1n) is 30.8. The number of aliphatic hydroxyl groups excluding tert-OH is 21. The molecule has 0 aromatic rings. The third-order valence-electron chi connectivity index (χ3n) is 17.8. The Kier molecular flexibility index (Phi) is 27.7. The van der Waals surface area contributed by atoms with Gasteiger partial charge in [0.1, 0.15) is 183 Å². The number of nitrogens with one attached hydrogen (secondary N) is 3. The van der Waals surface area contributed by atoms with Gasteiger partial charge in [-0.15, -0.1) is 0 Å². The second-order valence-corrected chi connectivity index (χ2v) is 24.6. The van der Waals surface area contributed by atoms with Gasteiger partial charge in [-0.3, -0.25) is 14.4 Å². The topological polar surface area (TPSA) is 651 Å². The van der Waals surface area contributed by atoms with Gasteiger partial charge in [0, 0.05) is 20.8 Å². The molecule has 8 heterocycles. The molecule has 42 heteroatoms. The van der Waals surface area contributed by atoms with Crippen LogP contribution in [0.25, 0.3) is 0 Å². The molecule has 556 valence electrons. The largest absolute Gasteiger partial charge is 0.394 e. The van der Waals surface area contributed by atoms with Crippen LogP contribution < -0.4 is 16.0 Å². The fourth-order valence-electron chi connectivity index (χ4n) is 12.5. The lowest BCUT2D eigenvalue weighted by Gasteiger charge is -2.51. The van der Waals surface area contributed by atoms with E-state index in [0.717, 1.165) is 20.8 Å². The van der Waals surface area contributed by atoms with Gasteiger partial charge in [-0.1, -0.05) is 0 Å². The van der Waals surface area contributed by atoms with Crippen LogP contribution in [0, 0.1) is 0 Å². The van der Waals surface area contributed by atoms with E-state index in [-0.39, 0.29) is 0 Å². The lowest BCUT2D eigenvalue weighted by molar-refractivity contribution is -0.399. The quantitative estimate of drug-likeness (QED) is 0.0452. The van der Waals surface area contributed by atoms with Crippen molar-refractivity contribution in [3.8, 4) is 0 Å². The monoisotopic (exact) mass is 1410 g/mol. The van der Waals surface area contributed by atoms with Gasteiger partial charge < -0.3 is 194 Å². The minimum Gasteiger partial charge on any atom is -0.394 e. The molecule has 0 radical (unpaired) electrons. The normalized spacial score (nSPS) is 50.3. The summed E-state index contributed by atoms with van der Waals surface area (Å²) in [6.45, 7) is -0.536. The zero-order chi connectivity index (χ0) is 70.8. The second-order valence-electron chi connectivity index (χ2n) is 24.6. The van der Waals surface area contributed by atoms with Crippen molar-refractivity contribution in [2.45, 2.75) is 280 Å². The maximum absolute atomic E-state index is 12.9. The van der Waals surface area contributed by atoms with Crippen molar-refractivity contribution in [2.24, 2.45) is 0 Å². The molecule has 8 aliphatic rings. The highest BCUT2D eigenvalue weighted by atomic mass is 16.8. The van der Waals surface area contributed by atoms with E-state index in [0.29, 0.717) is 0 Å². The number of carbonyl (C=O) groups excluding carboxylic acids is 3. The Balaban J connectivity index is 1.02. The number of hydrogen-bond acceptors (Lipinski definition) is 39. The van der Waals surface area contributed by atoms with Crippen molar-refractivity contribution in [1.29, 1.82) is 0 Å². The highest BCUT2D eigenvalue weighted by Gasteiger charge is 2.60. The van der Waals surface area contributed by atoms with Crippen molar-refractivity contribution >= 4 is 17.7 Å². The summed E-state index contributed by atoms with van der Waals surface area (Å²) in [4.78, 5) is 38.0. The second kappa shape index (κ2) is 33.8. The number of carbonyl (C=O) groups is 3. The standard InChI is InChI=1S/C54H91N3O39/c1-12-26(66)34(74)38(78)50(83-12)82-11-22-43(31(71)23(47(81)85-22)55-14(3)63)91-48-24(56-15(4)64)32(72)41(20(9-61)89-48)92-52-40(80)44(30(70)19(8-60)86-52)94-54-45(36(76)28(68)18(7-59)88-54)95-49-25(57-16(5)65)33(73)42(21(10-62)90-49)93-53-46(37(77)29(69)17(6-58)87-53)96-51-39(79)35(75)27(67)13(2)84-51/h12-13,17-54,58-62,66-81H,6-11H2,1-5H3,(H,55,63)(H,56,64)(H,57,65)/t12-,13-,17+,18+,19+,20+,21+,22+,23+,24+,25+,26+,27+,28+,29-,30+,31+,32+,33+,34+,35+,36-,37-,38-,39-,40-,41+,42+,43+,44-,45-,46+,47+,48-,49-,50+,51-,52-,53-,54+/m0/s1. The first kappa shape index (κ1) is 78.7. The number of aliphatic hydroxyl groups is 21. The van der Waals surface area contributed by atoms with Gasteiger partial charge in [0.05, 0.1) is 51.8 Å². The van der Waals surface area contributed by atoms with E-state index in [1.165, 1.54) is 13.8 Å². The number of amides is 3. The maximum atomic E-state index is 12.9. The summed E-state index contributed by atoms with van der Waals surface area (Å²) in [6.07, 6.45) is -71.0. The Hall–Kier alpha value is -3.03. The molecule has 8 rings (SSSR count). The van der Waals surface area contributed by atoms with E-state index in [9.17, 15) is 122 Å². The molecule has 0 spiro atoms. The van der Waals surface area contributed by atoms with Crippen LogP contribution in [0.5, 0.6) is 0 Å². The van der Waals surface area contributed by atoms with E-state index in [1.54, 1.807) is 0 Å². The van der Waals surface area contributed by atoms with Crippen molar-refractivity contribution in [3.63, 3.8) is 0 Å². The van der Waals surface area contributed by atoms with Gasteiger partial charge in [0.15, 0.2) is 50.3 Å². The zero-order valence-corrected chi connectivity index (χ0v) is 52.1. The van der Waals surface area contributed by atoms with Gasteiger partial charge in [-0.25, -0.2) is 0 Å². The Morgan fingerprint density at radius 1 is 0.292 bits per heavy atom. The van der Waals surface area contributed by atoms with Gasteiger partial charge in [0.25, 0.3) is 0 Å². The molecule has 96 heavy (non-hydrogen) atoms. The van der Waals surface area contributed by atoms with E-state index in [2.05, 4.69) is 16.0 Å². The summed E-state index contributed by atoms with van der Waals surface area (Å²) < 4.78 is 87.8. The molecule has 0 unspecified atom stereocenters. The van der Waals surface area contributed by atoms with Crippen LogP contribution in [0.3, 0.4) is 0 Å². The predicted octanol–water partition coefficient (Wildman–Crippen LogP) is -16.0. The summed E-state index contributed by atoms with van der Waals surface area (Å²) in [5.74, 6) is -2.59. The lowest BCUT2D eigenvalue weighted by atomic mass is 9.93. The Morgan fingerprint density at radius 2 is 0.615 bits per heavy atom. The predicted molar refractivity (Wildman–Crippen MR) is 296 cm³/mol. The van der Waals surface area contributed by atoms with Crippen LogP contribution in [-0.4, -0.2) is 410 Å². The SMILES string of the molecule is CC(=O)N[C@@H]1[C@@H](O)[C@H](O[C@@H]2O[C@H](CO)[C@@H](O[C@@H]3O[C@H](CO)[C@@H](O)[C@H](O[C@H]4O[C@H](CO)[C@@H](O)[C@H](O)[C@@H]4O[C@@H]4O[C@H](CO)[C@@H](O[C@@H]5O[C@H](CO)[C@H](O)[C@H](O)[C@H]5O[C@@H]5O[C@@H](C)[C@@H](O)[C@@H](O)[C@@H]5O)[C@H](O)[C@H]4NC(C)=O)[C@@H]3O)[C@H](O)[C@H]2NC(C)=O)[C@@H](CO[C@@H]2O[C@@H](C)[C@@H](O)[C@@H](O)[C@@H]2O)O[C@H]1O. The molecule has 42 nitrogen and oxygen atoms in total. The van der Waals surface area contributed by atoms with Crippen LogP contribution in [0.4, 0.5) is 0 Å². The fraction of sp³-hybridized carbons (Fsp3) is 0.944. The summed E-state index contributed by atoms with van der Waals surface area (Å²) in [5, 5.41) is 238. The van der Waals surface area contributed by atoms with Crippen molar-refractivity contribution in [3.05, 3.63) is 0 Å².